The summed E-state index contributed by atoms with van der Waals surface area (Å²) in [6.07, 6.45) is 16.0. The third-order valence-corrected chi connectivity index (χ3v) is 2.41. The van der Waals surface area contributed by atoms with E-state index in [1.807, 2.05) is 31.0 Å². The molecule has 0 aliphatic carbocycles. The Labute approximate surface area is 112 Å². The zero-order valence-electron chi connectivity index (χ0n) is 12.1. The maximum Gasteiger partial charge on any atom is 0.0364 e. The lowest BCUT2D eigenvalue weighted by molar-refractivity contribution is 0.555. The Kier molecular flexibility index (Phi) is 8.38. The Balaban J connectivity index is 4.65. The molecule has 0 spiro atoms. The molecule has 1 heteroatoms. The first-order chi connectivity index (χ1) is 8.52. The SMILES string of the molecule is C=C/C=C\C(=C)N(C)C(/C=C\C=C\C(C)C)=C/C. The lowest BCUT2D eigenvalue weighted by Crippen LogP contribution is -2.13. The van der Waals surface area contributed by atoms with Gasteiger partial charge in [0.1, 0.15) is 0 Å². The highest BCUT2D eigenvalue weighted by atomic mass is 15.1. The third-order valence-electron chi connectivity index (χ3n) is 2.41. The molecule has 0 rings (SSSR count). The summed E-state index contributed by atoms with van der Waals surface area (Å²) in [5, 5.41) is 0. The van der Waals surface area contributed by atoms with Crippen LogP contribution in [0.4, 0.5) is 0 Å². The van der Waals surface area contributed by atoms with E-state index in [0.29, 0.717) is 5.92 Å². The first kappa shape index (κ1) is 16.2. The molecule has 0 aliphatic heterocycles. The number of rotatable bonds is 7. The van der Waals surface area contributed by atoms with Gasteiger partial charge in [-0.25, -0.2) is 0 Å². The number of nitrogens with zero attached hydrogens (tertiary/aromatic N) is 1. The third kappa shape index (κ3) is 6.74. The van der Waals surface area contributed by atoms with Crippen molar-refractivity contribution in [1.29, 1.82) is 0 Å². The summed E-state index contributed by atoms with van der Waals surface area (Å²) in [7, 11) is 2.00. The van der Waals surface area contributed by atoms with E-state index in [2.05, 4.69) is 57.4 Å². The van der Waals surface area contributed by atoms with Gasteiger partial charge in [0.15, 0.2) is 0 Å². The van der Waals surface area contributed by atoms with Crippen LogP contribution in [0, 0.1) is 5.92 Å². The highest BCUT2D eigenvalue weighted by molar-refractivity contribution is 5.28. The lowest BCUT2D eigenvalue weighted by atomic mass is 10.2. The van der Waals surface area contributed by atoms with Gasteiger partial charge in [-0.15, -0.1) is 0 Å². The average Bonchev–Trinajstić information content (AvgIpc) is 2.35. The first-order valence-corrected chi connectivity index (χ1v) is 6.25. The van der Waals surface area contributed by atoms with Crippen LogP contribution >= 0.6 is 0 Å². The van der Waals surface area contributed by atoms with Crippen molar-refractivity contribution in [2.45, 2.75) is 20.8 Å². The van der Waals surface area contributed by atoms with Gasteiger partial charge in [-0.2, -0.15) is 0 Å². The second kappa shape index (κ2) is 9.29. The largest absolute Gasteiger partial charge is 0.345 e. The predicted octanol–water partition coefficient (Wildman–Crippen LogP) is 4.85. The fourth-order valence-electron chi connectivity index (χ4n) is 1.30. The summed E-state index contributed by atoms with van der Waals surface area (Å²) < 4.78 is 0. The van der Waals surface area contributed by atoms with Crippen LogP contribution in [0.15, 0.2) is 73.2 Å². The van der Waals surface area contributed by atoms with Gasteiger partial charge >= 0.3 is 0 Å². The van der Waals surface area contributed by atoms with Gasteiger partial charge in [-0.05, 0) is 25.0 Å². The van der Waals surface area contributed by atoms with Crippen molar-refractivity contribution >= 4 is 0 Å². The minimum atomic E-state index is 0.576. The Bertz CT molecular complexity index is 378. The molecular formula is C17H25N. The van der Waals surface area contributed by atoms with E-state index >= 15 is 0 Å². The molecule has 0 radical (unpaired) electrons. The Morgan fingerprint density at radius 2 is 1.78 bits per heavy atom. The molecule has 0 heterocycles. The minimum Gasteiger partial charge on any atom is -0.345 e. The van der Waals surface area contributed by atoms with E-state index in [9.17, 15) is 0 Å². The van der Waals surface area contributed by atoms with Crippen molar-refractivity contribution in [3.05, 3.63) is 73.2 Å². The Morgan fingerprint density at radius 1 is 1.11 bits per heavy atom. The molecule has 0 aromatic carbocycles. The molecule has 0 unspecified atom stereocenters. The normalized spacial score (nSPS) is 13.1. The van der Waals surface area contributed by atoms with E-state index < -0.39 is 0 Å². The quantitative estimate of drug-likeness (QED) is 0.578. The van der Waals surface area contributed by atoms with Gasteiger partial charge in [-0.1, -0.05) is 63.5 Å². The molecule has 0 saturated carbocycles. The van der Waals surface area contributed by atoms with E-state index in [0.717, 1.165) is 11.4 Å². The van der Waals surface area contributed by atoms with Crippen LogP contribution in [0.1, 0.15) is 20.8 Å². The van der Waals surface area contributed by atoms with Gasteiger partial charge in [-0.3, -0.25) is 0 Å². The van der Waals surface area contributed by atoms with Crippen LogP contribution in [0.2, 0.25) is 0 Å². The summed E-state index contributed by atoms with van der Waals surface area (Å²) in [6.45, 7) is 14.0. The topological polar surface area (TPSA) is 3.24 Å². The highest BCUT2D eigenvalue weighted by Gasteiger charge is 2.00. The van der Waals surface area contributed by atoms with Crippen LogP contribution in [0.25, 0.3) is 0 Å². The molecule has 0 aromatic heterocycles. The molecule has 98 valence electrons. The van der Waals surface area contributed by atoms with Crippen molar-refractivity contribution in [2.24, 2.45) is 5.92 Å². The lowest BCUT2D eigenvalue weighted by Gasteiger charge is -2.20. The number of likely N-dealkylation sites (N-methyl/N-ethyl adjacent to an activating group) is 1. The van der Waals surface area contributed by atoms with Crippen LogP contribution in [-0.4, -0.2) is 11.9 Å². The van der Waals surface area contributed by atoms with Crippen molar-refractivity contribution < 1.29 is 0 Å². The molecule has 0 amide bonds. The number of hydrogen-bond acceptors (Lipinski definition) is 1. The van der Waals surface area contributed by atoms with Crippen LogP contribution < -0.4 is 0 Å². The van der Waals surface area contributed by atoms with E-state index in [1.54, 1.807) is 6.08 Å². The van der Waals surface area contributed by atoms with Gasteiger partial charge in [0.05, 0.1) is 0 Å². The Hall–Kier alpha value is -1.76. The smallest absolute Gasteiger partial charge is 0.0364 e. The van der Waals surface area contributed by atoms with Gasteiger partial charge in [0.2, 0.25) is 0 Å². The minimum absolute atomic E-state index is 0.576. The summed E-state index contributed by atoms with van der Waals surface area (Å²) >= 11 is 0. The first-order valence-electron chi connectivity index (χ1n) is 6.25. The van der Waals surface area contributed by atoms with Crippen LogP contribution in [-0.2, 0) is 0 Å². The van der Waals surface area contributed by atoms with Crippen molar-refractivity contribution in [3.63, 3.8) is 0 Å². The molecule has 0 bridgehead atoms. The van der Waals surface area contributed by atoms with Crippen LogP contribution in [0.3, 0.4) is 0 Å². The summed E-state index contributed by atoms with van der Waals surface area (Å²) in [5.74, 6) is 0.576. The zero-order valence-corrected chi connectivity index (χ0v) is 12.1. The standard InChI is InChI=1S/C17H25N/c1-7-9-13-16(5)18(6)17(8-2)14-11-10-12-15(3)4/h7-15H,1,5H2,2-4,6H3/b12-10+,13-9-,14-11-,17-8+. The molecule has 0 atom stereocenters. The molecule has 0 fully saturated rings. The monoisotopic (exact) mass is 243 g/mol. The van der Waals surface area contributed by atoms with Crippen molar-refractivity contribution in [3.8, 4) is 0 Å². The summed E-state index contributed by atoms with van der Waals surface area (Å²) in [6, 6.07) is 0. The molecule has 1 nitrogen and oxygen atoms in total. The molecule has 0 aliphatic rings. The zero-order chi connectivity index (χ0) is 14.0. The van der Waals surface area contributed by atoms with Gasteiger partial charge in [0, 0.05) is 18.4 Å². The fraction of sp³-hybridized carbons (Fsp3) is 0.294. The predicted molar refractivity (Wildman–Crippen MR) is 83.1 cm³/mol. The second-order valence-electron chi connectivity index (χ2n) is 4.35. The van der Waals surface area contributed by atoms with E-state index in [4.69, 9.17) is 0 Å². The molecule has 0 aromatic rings. The maximum atomic E-state index is 4.02. The van der Waals surface area contributed by atoms with Gasteiger partial charge < -0.3 is 4.90 Å². The van der Waals surface area contributed by atoms with E-state index in [-0.39, 0.29) is 0 Å². The Morgan fingerprint density at radius 3 is 2.28 bits per heavy atom. The molecule has 0 saturated heterocycles. The summed E-state index contributed by atoms with van der Waals surface area (Å²) in [5.41, 5.74) is 2.04. The average molecular weight is 243 g/mol. The fourth-order valence-corrected chi connectivity index (χ4v) is 1.30. The van der Waals surface area contributed by atoms with Crippen molar-refractivity contribution in [2.75, 3.05) is 7.05 Å². The summed E-state index contributed by atoms with van der Waals surface area (Å²) in [4.78, 5) is 2.04. The van der Waals surface area contributed by atoms with Crippen LogP contribution in [0.5, 0.6) is 0 Å². The number of allylic oxidation sites excluding steroid dienone is 8. The van der Waals surface area contributed by atoms with E-state index in [1.165, 1.54) is 0 Å². The maximum absolute atomic E-state index is 4.02. The molecular weight excluding hydrogens is 218 g/mol. The molecule has 18 heavy (non-hydrogen) atoms. The number of hydrogen-bond donors (Lipinski definition) is 0. The molecule has 0 N–H and O–H groups in total. The van der Waals surface area contributed by atoms with Crippen molar-refractivity contribution in [1.82, 2.24) is 4.90 Å². The second-order valence-corrected chi connectivity index (χ2v) is 4.35. The van der Waals surface area contributed by atoms with Gasteiger partial charge in [0.25, 0.3) is 0 Å². The highest BCUT2D eigenvalue weighted by Crippen LogP contribution is 2.11.